The van der Waals surface area contributed by atoms with Crippen LogP contribution in [0.5, 0.6) is 0 Å². The molecule has 2 amide bonds. The average molecular weight is 486 g/mol. The maximum Gasteiger partial charge on any atom is 0.261 e. The number of carbonyl (C=O) groups excluding carboxylic acids is 2. The lowest BCUT2D eigenvalue weighted by molar-refractivity contribution is 0.00850. The van der Waals surface area contributed by atoms with Crippen LogP contribution in [0.25, 0.3) is 0 Å². The van der Waals surface area contributed by atoms with Crippen molar-refractivity contribution in [1.82, 2.24) is 24.5 Å². The molecule has 1 spiro atoms. The number of hydrogen-bond acceptors (Lipinski definition) is 5. The van der Waals surface area contributed by atoms with Crippen LogP contribution in [0.4, 0.5) is 15.9 Å². The average Bonchev–Trinajstić information content (AvgIpc) is 3.47. The van der Waals surface area contributed by atoms with Crippen LogP contribution < -0.4 is 11.1 Å². The second-order valence-corrected chi connectivity index (χ2v) is 9.76. The molecule has 1 aromatic carbocycles. The van der Waals surface area contributed by atoms with Crippen LogP contribution >= 0.6 is 11.6 Å². The van der Waals surface area contributed by atoms with Crippen molar-refractivity contribution in [1.29, 1.82) is 0 Å². The Hall–Kier alpha value is -3.40. The van der Waals surface area contributed by atoms with E-state index in [0.717, 1.165) is 19.3 Å². The fourth-order valence-corrected chi connectivity index (χ4v) is 5.37. The van der Waals surface area contributed by atoms with Gasteiger partial charge in [-0.25, -0.2) is 4.39 Å². The van der Waals surface area contributed by atoms with Crippen LogP contribution in [0.2, 0.25) is 5.02 Å². The van der Waals surface area contributed by atoms with E-state index in [1.54, 1.807) is 31.2 Å². The maximum absolute atomic E-state index is 13.5. The number of nitrogen functional groups attached to an aromatic ring is 1. The van der Waals surface area contributed by atoms with E-state index in [1.807, 2.05) is 4.90 Å². The van der Waals surface area contributed by atoms with Gasteiger partial charge < -0.3 is 16.0 Å². The first-order valence-electron chi connectivity index (χ1n) is 11.0. The third-order valence-electron chi connectivity index (χ3n) is 6.90. The number of benzene rings is 1. The molecule has 178 valence electrons. The summed E-state index contributed by atoms with van der Waals surface area (Å²) in [5.74, 6) is -0.664. The lowest BCUT2D eigenvalue weighted by atomic mass is 9.77. The number of aryl methyl sites for hydroxylation is 2. The van der Waals surface area contributed by atoms with Gasteiger partial charge in [-0.15, -0.1) is 0 Å². The van der Waals surface area contributed by atoms with E-state index in [4.69, 9.17) is 17.3 Å². The van der Waals surface area contributed by atoms with Crippen molar-refractivity contribution in [2.75, 3.05) is 24.1 Å². The molecule has 1 saturated heterocycles. The molecule has 9 nitrogen and oxygen atoms in total. The molecule has 5 rings (SSSR count). The zero-order valence-corrected chi connectivity index (χ0v) is 19.6. The highest BCUT2D eigenvalue weighted by atomic mass is 35.5. The van der Waals surface area contributed by atoms with Crippen LogP contribution in [-0.4, -0.2) is 49.4 Å². The van der Waals surface area contributed by atoms with Crippen molar-refractivity contribution in [3.05, 3.63) is 58.3 Å². The van der Waals surface area contributed by atoms with E-state index in [0.29, 0.717) is 35.6 Å². The van der Waals surface area contributed by atoms with Crippen molar-refractivity contribution in [3.63, 3.8) is 0 Å². The predicted molar refractivity (Wildman–Crippen MR) is 125 cm³/mol. The Bertz CT molecular complexity index is 1290. The van der Waals surface area contributed by atoms with Gasteiger partial charge in [0.05, 0.1) is 22.5 Å². The number of nitrogens with one attached hydrogen (secondary N) is 1. The fraction of sp³-hybridized carbons (Fsp3) is 0.391. The second kappa shape index (κ2) is 8.12. The molecule has 3 aromatic rings. The summed E-state index contributed by atoms with van der Waals surface area (Å²) < 4.78 is 16.6. The van der Waals surface area contributed by atoms with Gasteiger partial charge in [-0.05, 0) is 37.5 Å². The zero-order valence-electron chi connectivity index (χ0n) is 18.9. The molecular formula is C23H25ClFN7O2. The lowest BCUT2D eigenvalue weighted by Crippen LogP contribution is -2.57. The van der Waals surface area contributed by atoms with Gasteiger partial charge in [0.2, 0.25) is 0 Å². The molecule has 1 aliphatic heterocycles. The van der Waals surface area contributed by atoms with Gasteiger partial charge in [-0.3, -0.25) is 19.0 Å². The molecule has 1 saturated carbocycles. The molecule has 2 fully saturated rings. The van der Waals surface area contributed by atoms with Gasteiger partial charge in [-0.2, -0.15) is 10.2 Å². The summed E-state index contributed by atoms with van der Waals surface area (Å²) in [7, 11) is 3.49. The van der Waals surface area contributed by atoms with Crippen LogP contribution in [0.3, 0.4) is 0 Å². The first-order valence-corrected chi connectivity index (χ1v) is 11.4. The Morgan fingerprint density at radius 1 is 1.29 bits per heavy atom. The minimum absolute atomic E-state index is 0.0118. The number of nitrogens with two attached hydrogens (primary N) is 1. The molecule has 3 heterocycles. The highest BCUT2D eigenvalue weighted by molar-refractivity contribution is 6.31. The Balaban J connectivity index is 1.30. The highest BCUT2D eigenvalue weighted by Gasteiger charge is 2.51. The number of amides is 2. The van der Waals surface area contributed by atoms with E-state index in [-0.39, 0.29) is 28.1 Å². The number of likely N-dealkylation sites (tertiary alicyclic amines) is 1. The third kappa shape index (κ3) is 3.81. The number of aromatic nitrogens is 4. The summed E-state index contributed by atoms with van der Waals surface area (Å²) in [6, 6.07) is 3.99. The molecule has 11 heteroatoms. The van der Waals surface area contributed by atoms with Gasteiger partial charge in [0.25, 0.3) is 11.8 Å². The Morgan fingerprint density at radius 3 is 2.74 bits per heavy atom. The number of rotatable bonds is 4. The topological polar surface area (TPSA) is 111 Å². The highest BCUT2D eigenvalue weighted by Crippen LogP contribution is 2.52. The quantitative estimate of drug-likeness (QED) is 0.589. The van der Waals surface area contributed by atoms with E-state index < -0.39 is 11.7 Å². The molecule has 34 heavy (non-hydrogen) atoms. The number of halogens is 2. The second-order valence-electron chi connectivity index (χ2n) is 9.36. The van der Waals surface area contributed by atoms with Crippen molar-refractivity contribution in [3.8, 4) is 0 Å². The molecule has 1 aliphatic carbocycles. The number of anilines is 2. The summed E-state index contributed by atoms with van der Waals surface area (Å²) >= 11 is 5.84. The first-order chi connectivity index (χ1) is 16.2. The van der Waals surface area contributed by atoms with E-state index >= 15 is 0 Å². The monoisotopic (exact) mass is 485 g/mol. The summed E-state index contributed by atoms with van der Waals surface area (Å²) in [6.07, 6.45) is 5.93. The van der Waals surface area contributed by atoms with E-state index in [9.17, 15) is 14.0 Å². The molecular weight excluding hydrogens is 461 g/mol. The first kappa shape index (κ1) is 22.4. The normalized spacial score (nSPS) is 18.8. The van der Waals surface area contributed by atoms with Crippen LogP contribution in [0.1, 0.15) is 51.6 Å². The molecule has 0 bridgehead atoms. The van der Waals surface area contributed by atoms with Crippen LogP contribution in [0.15, 0.2) is 30.6 Å². The third-order valence-corrected chi connectivity index (χ3v) is 7.19. The summed E-state index contributed by atoms with van der Waals surface area (Å²) in [5.41, 5.74) is 8.17. The largest absolute Gasteiger partial charge is 0.383 e. The number of nitrogens with zero attached hydrogens (tertiary/aromatic N) is 5. The molecule has 0 radical (unpaired) electrons. The summed E-state index contributed by atoms with van der Waals surface area (Å²) in [6.45, 7) is 1.35. The molecule has 2 aliphatic rings. The fourth-order valence-electron chi connectivity index (χ4n) is 5.19. The smallest absolute Gasteiger partial charge is 0.261 e. The molecule has 3 N–H and O–H groups in total. The number of hydrogen-bond donors (Lipinski definition) is 2. The molecule has 1 unspecified atom stereocenters. The summed E-state index contributed by atoms with van der Waals surface area (Å²) in [4.78, 5) is 27.7. The molecule has 1 atom stereocenters. The van der Waals surface area contributed by atoms with Crippen LogP contribution in [0, 0.1) is 11.2 Å². The Morgan fingerprint density at radius 2 is 2.06 bits per heavy atom. The van der Waals surface area contributed by atoms with Gasteiger partial charge in [0.1, 0.15) is 17.2 Å². The predicted octanol–water partition coefficient (Wildman–Crippen LogP) is 3.19. The van der Waals surface area contributed by atoms with Crippen molar-refractivity contribution in [2.24, 2.45) is 19.5 Å². The van der Waals surface area contributed by atoms with Crippen molar-refractivity contribution >= 4 is 34.9 Å². The van der Waals surface area contributed by atoms with E-state index in [1.165, 1.54) is 22.9 Å². The van der Waals surface area contributed by atoms with Crippen LogP contribution in [-0.2, 0) is 14.1 Å². The van der Waals surface area contributed by atoms with Crippen molar-refractivity contribution < 1.29 is 14.0 Å². The van der Waals surface area contributed by atoms with E-state index in [2.05, 4.69) is 15.5 Å². The minimum Gasteiger partial charge on any atom is -0.383 e. The maximum atomic E-state index is 13.5. The standard InChI is InChI=1S/C23H25ClFN7O2/c1-30-10-14(9-27-30)22(34)32-11-23(12-32)6-5-13(8-23)19-18(20(26)31(2)29-19)21(33)28-15-3-4-17(25)16(24)7-15/h3-4,7,9-10,13H,5-6,8,11-12,26H2,1-2H3,(H,28,33). The van der Waals surface area contributed by atoms with Crippen molar-refractivity contribution in [2.45, 2.75) is 25.2 Å². The Kier molecular flexibility index (Phi) is 5.35. The lowest BCUT2D eigenvalue weighted by Gasteiger charge is -2.48. The number of carbonyl (C=O) groups is 2. The molecule has 2 aromatic heterocycles. The Labute approximate surface area is 200 Å². The van der Waals surface area contributed by atoms with Gasteiger partial charge >= 0.3 is 0 Å². The minimum atomic E-state index is -0.561. The van der Waals surface area contributed by atoms with Gasteiger partial charge in [0.15, 0.2) is 0 Å². The zero-order chi connectivity index (χ0) is 24.2. The van der Waals surface area contributed by atoms with Gasteiger partial charge in [0, 0.05) is 50.4 Å². The SMILES string of the molecule is Cn1cc(C(=O)N2CC3(CCC(c4nn(C)c(N)c4C(=O)Nc4ccc(F)c(Cl)c4)C3)C2)cn1. The van der Waals surface area contributed by atoms with Gasteiger partial charge in [-0.1, -0.05) is 11.6 Å². The summed E-state index contributed by atoms with van der Waals surface area (Å²) in [5, 5.41) is 11.3.